The van der Waals surface area contributed by atoms with Crippen LogP contribution in [0.4, 0.5) is 5.82 Å². The third-order valence-electron chi connectivity index (χ3n) is 4.33. The second-order valence-corrected chi connectivity index (χ2v) is 8.01. The predicted octanol–water partition coefficient (Wildman–Crippen LogP) is 1.93. The summed E-state index contributed by atoms with van der Waals surface area (Å²) < 4.78 is 3.54. The number of carbonyl (C=O) groups excluding carboxylic acids is 1. The first kappa shape index (κ1) is 18.0. The highest BCUT2D eigenvalue weighted by molar-refractivity contribution is 14.1. The van der Waals surface area contributed by atoms with E-state index in [1.807, 2.05) is 42.5 Å². The van der Waals surface area contributed by atoms with Crippen LogP contribution in [0.2, 0.25) is 0 Å². The predicted molar refractivity (Wildman–Crippen MR) is 107 cm³/mol. The molecule has 0 saturated heterocycles. The highest BCUT2D eigenvalue weighted by Gasteiger charge is 2.28. The van der Waals surface area contributed by atoms with Crippen molar-refractivity contribution >= 4 is 39.8 Å². The van der Waals surface area contributed by atoms with Crippen LogP contribution in [0.15, 0.2) is 23.0 Å². The Balaban J connectivity index is 1.66. The lowest BCUT2D eigenvalue weighted by Crippen LogP contribution is -2.32. The smallest absolute Gasteiger partial charge is 0.293 e. The molecule has 1 fully saturated rings. The quantitative estimate of drug-likeness (QED) is 0.561. The zero-order chi connectivity index (χ0) is 19.1. The molecule has 1 N–H and O–H groups in total. The summed E-state index contributed by atoms with van der Waals surface area (Å²) in [5.41, 5.74) is 1.05. The molecular formula is C17H18IN7O2. The average Bonchev–Trinajstić information content (AvgIpc) is 3.38. The number of hydrogen-bond donors (Lipinski definition) is 1. The fourth-order valence-electron chi connectivity index (χ4n) is 2.82. The van der Waals surface area contributed by atoms with Crippen molar-refractivity contribution in [3.8, 4) is 0 Å². The maximum Gasteiger partial charge on any atom is 0.293 e. The maximum atomic E-state index is 12.8. The van der Waals surface area contributed by atoms with Crippen molar-refractivity contribution in [3.05, 3.63) is 43.8 Å². The number of carbonyl (C=O) groups is 1. The Morgan fingerprint density at radius 3 is 2.70 bits per heavy atom. The van der Waals surface area contributed by atoms with Crippen molar-refractivity contribution in [2.75, 3.05) is 5.32 Å². The van der Waals surface area contributed by atoms with Gasteiger partial charge in [0.05, 0.1) is 5.69 Å². The van der Waals surface area contributed by atoms with Crippen molar-refractivity contribution in [1.82, 2.24) is 29.6 Å². The van der Waals surface area contributed by atoms with E-state index in [0.717, 1.165) is 22.2 Å². The lowest BCUT2D eigenvalue weighted by atomic mass is 10.2. The summed E-state index contributed by atoms with van der Waals surface area (Å²) in [7, 11) is 0. The molecule has 1 aliphatic rings. The number of fused-ring (bicyclic) bond motifs is 1. The number of nitrogens with zero attached hydrogens (tertiary/aromatic N) is 6. The van der Waals surface area contributed by atoms with E-state index in [-0.39, 0.29) is 23.9 Å². The molecule has 0 unspecified atom stereocenters. The van der Waals surface area contributed by atoms with Gasteiger partial charge in [0.1, 0.15) is 15.8 Å². The van der Waals surface area contributed by atoms with Crippen LogP contribution in [0.5, 0.6) is 0 Å². The molecule has 0 atom stereocenters. The zero-order valence-corrected chi connectivity index (χ0v) is 17.0. The largest absolute Gasteiger partial charge is 0.308 e. The molecule has 1 aliphatic carbocycles. The molecule has 0 spiro atoms. The number of halogens is 1. The Labute approximate surface area is 168 Å². The van der Waals surface area contributed by atoms with E-state index in [4.69, 9.17) is 0 Å². The molecule has 3 heterocycles. The van der Waals surface area contributed by atoms with Gasteiger partial charge in [0.15, 0.2) is 11.6 Å². The molecule has 0 bridgehead atoms. The number of rotatable bonds is 5. The van der Waals surface area contributed by atoms with Crippen LogP contribution in [0.25, 0.3) is 5.52 Å². The van der Waals surface area contributed by atoms with Gasteiger partial charge >= 0.3 is 0 Å². The molecule has 1 amide bonds. The Bertz CT molecular complexity index is 1070. The van der Waals surface area contributed by atoms with Crippen LogP contribution in [0.3, 0.4) is 0 Å². The highest BCUT2D eigenvalue weighted by atomic mass is 127. The fraction of sp³-hybridized carbons (Fsp3) is 0.412. The fourth-order valence-corrected chi connectivity index (χ4v) is 3.10. The summed E-state index contributed by atoms with van der Waals surface area (Å²) in [4.78, 5) is 25.2. The van der Waals surface area contributed by atoms with Gasteiger partial charge in [0.25, 0.3) is 5.56 Å². The van der Waals surface area contributed by atoms with Crippen molar-refractivity contribution in [2.45, 2.75) is 45.1 Å². The van der Waals surface area contributed by atoms with E-state index in [1.165, 1.54) is 4.68 Å². The van der Waals surface area contributed by atoms with E-state index in [1.54, 1.807) is 16.6 Å². The number of aromatic nitrogens is 6. The average molecular weight is 479 g/mol. The molecule has 0 aliphatic heterocycles. The van der Waals surface area contributed by atoms with E-state index in [9.17, 15) is 9.59 Å². The first-order valence-corrected chi connectivity index (χ1v) is 9.80. The third-order valence-corrected chi connectivity index (χ3v) is 4.90. The van der Waals surface area contributed by atoms with Gasteiger partial charge in [-0.15, -0.1) is 10.2 Å². The Morgan fingerprint density at radius 1 is 1.30 bits per heavy atom. The topological polar surface area (TPSA) is 107 Å². The zero-order valence-electron chi connectivity index (χ0n) is 14.9. The summed E-state index contributed by atoms with van der Waals surface area (Å²) >= 11 is 2.03. The molecule has 0 radical (unpaired) electrons. The van der Waals surface area contributed by atoms with Gasteiger partial charge in [-0.3, -0.25) is 9.59 Å². The van der Waals surface area contributed by atoms with E-state index in [0.29, 0.717) is 23.1 Å². The minimum Gasteiger partial charge on any atom is -0.308 e. The normalized spacial score (nSPS) is 14.1. The van der Waals surface area contributed by atoms with Gasteiger partial charge in [-0.05, 0) is 53.6 Å². The lowest BCUT2D eigenvalue weighted by Gasteiger charge is -2.11. The molecule has 10 heteroatoms. The third kappa shape index (κ3) is 3.70. The minimum atomic E-state index is -0.388. The maximum absolute atomic E-state index is 12.8. The molecular weight excluding hydrogens is 461 g/mol. The summed E-state index contributed by atoms with van der Waals surface area (Å²) in [5, 5.41) is 19.4. The standard InChI is InChI=1S/C17H18IN7O2/c1-9(2)16-23-24(8-15(26)19-14-6-5-13(18)20-21-14)17(27)12-7-11(10-3-4-10)22-25(12)16/h5-7,9-10H,3-4,8H2,1-2H3,(H,19,21,26). The van der Waals surface area contributed by atoms with E-state index < -0.39 is 0 Å². The number of hydrogen-bond acceptors (Lipinski definition) is 6. The number of amides is 1. The van der Waals surface area contributed by atoms with Crippen LogP contribution >= 0.6 is 22.6 Å². The van der Waals surface area contributed by atoms with Gasteiger partial charge in [-0.2, -0.15) is 10.2 Å². The van der Waals surface area contributed by atoms with Gasteiger partial charge in [0, 0.05) is 11.8 Å². The van der Waals surface area contributed by atoms with Gasteiger partial charge < -0.3 is 5.32 Å². The Morgan fingerprint density at radius 2 is 2.07 bits per heavy atom. The van der Waals surface area contributed by atoms with Crippen molar-refractivity contribution in [3.63, 3.8) is 0 Å². The van der Waals surface area contributed by atoms with Crippen LogP contribution in [0, 0.1) is 3.70 Å². The first-order chi connectivity index (χ1) is 12.9. The highest BCUT2D eigenvalue weighted by Crippen LogP contribution is 2.39. The van der Waals surface area contributed by atoms with Crippen molar-refractivity contribution in [1.29, 1.82) is 0 Å². The van der Waals surface area contributed by atoms with E-state index >= 15 is 0 Å². The van der Waals surface area contributed by atoms with Crippen LogP contribution in [0.1, 0.15) is 50.0 Å². The second kappa shape index (κ2) is 6.98. The molecule has 3 aromatic heterocycles. The molecule has 4 rings (SSSR count). The van der Waals surface area contributed by atoms with E-state index in [2.05, 4.69) is 25.7 Å². The van der Waals surface area contributed by atoms with Gasteiger partial charge in [-0.25, -0.2) is 9.20 Å². The van der Waals surface area contributed by atoms with Gasteiger partial charge in [-0.1, -0.05) is 13.8 Å². The van der Waals surface area contributed by atoms with Crippen LogP contribution in [-0.4, -0.2) is 35.5 Å². The van der Waals surface area contributed by atoms with Crippen LogP contribution in [-0.2, 0) is 11.3 Å². The monoisotopic (exact) mass is 479 g/mol. The minimum absolute atomic E-state index is 0.0522. The second-order valence-electron chi connectivity index (χ2n) is 6.91. The molecule has 140 valence electrons. The summed E-state index contributed by atoms with van der Waals surface area (Å²) in [5.74, 6) is 1.08. The first-order valence-electron chi connectivity index (χ1n) is 8.72. The van der Waals surface area contributed by atoms with Crippen molar-refractivity contribution in [2.24, 2.45) is 0 Å². The summed E-state index contributed by atoms with van der Waals surface area (Å²) in [6, 6.07) is 5.22. The number of nitrogens with one attached hydrogen (secondary N) is 1. The Hall–Kier alpha value is -2.37. The van der Waals surface area contributed by atoms with Gasteiger partial charge in [0.2, 0.25) is 5.91 Å². The summed E-state index contributed by atoms with van der Waals surface area (Å²) in [6.45, 7) is 3.76. The molecule has 27 heavy (non-hydrogen) atoms. The van der Waals surface area contributed by atoms with Crippen LogP contribution < -0.4 is 10.9 Å². The summed E-state index contributed by atoms with van der Waals surface area (Å²) in [6.07, 6.45) is 2.20. The molecule has 1 saturated carbocycles. The molecule has 0 aromatic carbocycles. The number of anilines is 1. The Kier molecular flexibility index (Phi) is 4.66. The SMILES string of the molecule is CC(C)c1nn(CC(=O)Nc2ccc(I)nn2)c(=O)c2cc(C3CC3)nn12. The molecule has 3 aromatic rings. The van der Waals surface area contributed by atoms with Crippen molar-refractivity contribution < 1.29 is 4.79 Å². The lowest BCUT2D eigenvalue weighted by molar-refractivity contribution is -0.117. The molecule has 9 nitrogen and oxygen atoms in total.